The molecule has 2 aliphatic heterocycles. The maximum atomic E-state index is 5.49. The van der Waals surface area contributed by atoms with E-state index in [1.54, 1.807) is 6.33 Å². The second-order valence-electron chi connectivity index (χ2n) is 9.79. The molecule has 0 atom stereocenters. The van der Waals surface area contributed by atoms with Gasteiger partial charge in [-0.05, 0) is 48.5 Å². The van der Waals surface area contributed by atoms with Crippen LogP contribution in [0.3, 0.4) is 0 Å². The molecule has 10 heteroatoms. The minimum absolute atomic E-state index is 0.582. The van der Waals surface area contributed by atoms with Crippen LogP contribution in [-0.4, -0.2) is 77.1 Å². The zero-order valence-electron chi connectivity index (χ0n) is 22.1. The number of pyridine rings is 1. The normalized spacial score (nSPS) is 15.9. The van der Waals surface area contributed by atoms with E-state index in [2.05, 4.69) is 39.4 Å². The zero-order chi connectivity index (χ0) is 26.7. The van der Waals surface area contributed by atoms with Crippen LogP contribution in [0.2, 0.25) is 0 Å². The third-order valence-corrected chi connectivity index (χ3v) is 7.28. The van der Waals surface area contributed by atoms with Crippen LogP contribution in [0.1, 0.15) is 0 Å². The standard InChI is InChI=1S/C30H30N8O2/c1-2-4-25(5-3-1)38-21-32-27-29(33-23-7-9-24(10-8-23)36-12-16-39-17-13-36)34-28(35-30(27)38)22-6-11-26(31-20-22)37-14-18-40-19-15-37/h1-11,20-21H,12-19H2,(H,33,34,35). The first-order valence-electron chi connectivity index (χ1n) is 13.6. The number of ether oxygens (including phenoxy) is 2. The third kappa shape index (κ3) is 4.94. The van der Waals surface area contributed by atoms with Gasteiger partial charge in [0.25, 0.3) is 0 Å². The van der Waals surface area contributed by atoms with E-state index in [0.29, 0.717) is 17.2 Å². The molecule has 40 heavy (non-hydrogen) atoms. The van der Waals surface area contributed by atoms with Crippen LogP contribution in [0.15, 0.2) is 79.3 Å². The fraction of sp³-hybridized carbons (Fsp3) is 0.267. The number of anilines is 4. The van der Waals surface area contributed by atoms with Crippen molar-refractivity contribution < 1.29 is 9.47 Å². The molecule has 2 fully saturated rings. The van der Waals surface area contributed by atoms with Crippen molar-refractivity contribution in [1.82, 2.24) is 24.5 Å². The van der Waals surface area contributed by atoms with Crippen molar-refractivity contribution in [3.8, 4) is 17.1 Å². The molecule has 1 N–H and O–H groups in total. The molecule has 2 saturated heterocycles. The van der Waals surface area contributed by atoms with Gasteiger partial charge in [0.1, 0.15) is 12.1 Å². The highest BCUT2D eigenvalue weighted by Gasteiger charge is 2.18. The van der Waals surface area contributed by atoms with Crippen molar-refractivity contribution in [2.75, 3.05) is 67.7 Å². The van der Waals surface area contributed by atoms with E-state index < -0.39 is 0 Å². The average molecular weight is 535 g/mol. The third-order valence-electron chi connectivity index (χ3n) is 7.28. The predicted molar refractivity (Wildman–Crippen MR) is 156 cm³/mol. The molecule has 2 aromatic carbocycles. The van der Waals surface area contributed by atoms with Crippen molar-refractivity contribution >= 4 is 34.2 Å². The molecular formula is C30H30N8O2. The van der Waals surface area contributed by atoms with Gasteiger partial charge in [0.15, 0.2) is 22.8 Å². The summed E-state index contributed by atoms with van der Waals surface area (Å²) in [5, 5.41) is 3.50. The van der Waals surface area contributed by atoms with E-state index >= 15 is 0 Å². The first kappa shape index (κ1) is 24.5. The van der Waals surface area contributed by atoms with Gasteiger partial charge in [-0.2, -0.15) is 0 Å². The summed E-state index contributed by atoms with van der Waals surface area (Å²) < 4.78 is 13.0. The smallest absolute Gasteiger partial charge is 0.170 e. The number of hydrogen-bond acceptors (Lipinski definition) is 9. The van der Waals surface area contributed by atoms with Crippen molar-refractivity contribution in [2.45, 2.75) is 0 Å². The van der Waals surface area contributed by atoms with E-state index in [1.165, 1.54) is 5.69 Å². The number of rotatable bonds is 6. The van der Waals surface area contributed by atoms with Gasteiger partial charge in [-0.15, -0.1) is 0 Å². The maximum Gasteiger partial charge on any atom is 0.170 e. The van der Waals surface area contributed by atoms with Gasteiger partial charge in [-0.3, -0.25) is 4.57 Å². The molecule has 202 valence electrons. The number of nitrogens with zero attached hydrogens (tertiary/aromatic N) is 7. The Kier molecular flexibility index (Phi) is 6.68. The van der Waals surface area contributed by atoms with Crippen LogP contribution in [0.4, 0.5) is 23.0 Å². The molecular weight excluding hydrogens is 504 g/mol. The van der Waals surface area contributed by atoms with E-state index in [-0.39, 0.29) is 0 Å². The number of imidazole rings is 1. The average Bonchev–Trinajstić information content (AvgIpc) is 3.47. The monoisotopic (exact) mass is 534 g/mol. The second kappa shape index (κ2) is 10.9. The summed E-state index contributed by atoms with van der Waals surface area (Å²) in [4.78, 5) is 23.9. The Morgan fingerprint density at radius 2 is 1.40 bits per heavy atom. The van der Waals surface area contributed by atoms with Gasteiger partial charge < -0.3 is 24.6 Å². The Morgan fingerprint density at radius 1 is 0.675 bits per heavy atom. The number of para-hydroxylation sites is 1. The van der Waals surface area contributed by atoms with E-state index in [1.807, 2.05) is 53.2 Å². The number of nitrogens with one attached hydrogen (secondary N) is 1. The minimum Gasteiger partial charge on any atom is -0.378 e. The van der Waals surface area contributed by atoms with Crippen LogP contribution in [0, 0.1) is 0 Å². The van der Waals surface area contributed by atoms with Crippen LogP contribution >= 0.6 is 0 Å². The van der Waals surface area contributed by atoms with Crippen LogP contribution in [-0.2, 0) is 9.47 Å². The van der Waals surface area contributed by atoms with E-state index in [9.17, 15) is 0 Å². The lowest BCUT2D eigenvalue weighted by Crippen LogP contribution is -2.36. The molecule has 5 heterocycles. The number of morpholine rings is 2. The number of hydrogen-bond donors (Lipinski definition) is 1. The fourth-order valence-electron chi connectivity index (χ4n) is 5.11. The Balaban J connectivity index is 1.25. The van der Waals surface area contributed by atoms with Crippen molar-refractivity contribution in [1.29, 1.82) is 0 Å². The summed E-state index contributed by atoms with van der Waals surface area (Å²) in [6.07, 6.45) is 3.64. The Morgan fingerprint density at radius 3 is 2.10 bits per heavy atom. The molecule has 5 aromatic rings. The summed E-state index contributed by atoms with van der Waals surface area (Å²) in [5.74, 6) is 2.16. The van der Waals surface area contributed by atoms with Gasteiger partial charge in [0.05, 0.1) is 26.4 Å². The van der Waals surface area contributed by atoms with E-state index in [4.69, 9.17) is 29.4 Å². The number of aromatic nitrogens is 5. The number of benzene rings is 2. The summed E-state index contributed by atoms with van der Waals surface area (Å²) in [6, 6.07) is 22.6. The molecule has 0 bridgehead atoms. The van der Waals surface area contributed by atoms with Crippen molar-refractivity contribution in [2.24, 2.45) is 0 Å². The Bertz CT molecular complexity index is 1580. The van der Waals surface area contributed by atoms with Crippen LogP contribution < -0.4 is 15.1 Å². The summed E-state index contributed by atoms with van der Waals surface area (Å²) in [6.45, 7) is 6.43. The SMILES string of the molecule is c1ccc(-n2cnc3c(Nc4ccc(N5CCOCC5)cc4)nc(-c4ccc(N5CCOCC5)nc4)nc32)cc1. The Labute approximate surface area is 232 Å². The highest BCUT2D eigenvalue weighted by atomic mass is 16.5. The second-order valence-corrected chi connectivity index (χ2v) is 9.79. The van der Waals surface area contributed by atoms with Crippen LogP contribution in [0.25, 0.3) is 28.2 Å². The molecule has 7 rings (SSSR count). The van der Waals surface area contributed by atoms with E-state index in [0.717, 1.165) is 81.0 Å². The molecule has 0 saturated carbocycles. The zero-order valence-corrected chi connectivity index (χ0v) is 22.1. The minimum atomic E-state index is 0.582. The predicted octanol–water partition coefficient (Wildman–Crippen LogP) is 4.29. The summed E-state index contributed by atoms with van der Waals surface area (Å²) >= 11 is 0. The fourth-order valence-corrected chi connectivity index (χ4v) is 5.11. The lowest BCUT2D eigenvalue weighted by atomic mass is 10.2. The molecule has 3 aromatic heterocycles. The number of fused-ring (bicyclic) bond motifs is 1. The Hall–Kier alpha value is -4.54. The molecule has 0 aliphatic carbocycles. The molecule has 0 radical (unpaired) electrons. The van der Waals surface area contributed by atoms with Gasteiger partial charge in [0, 0.05) is 55.0 Å². The largest absolute Gasteiger partial charge is 0.378 e. The summed E-state index contributed by atoms with van der Waals surface area (Å²) in [5.41, 5.74) is 5.35. The summed E-state index contributed by atoms with van der Waals surface area (Å²) in [7, 11) is 0. The first-order chi connectivity index (χ1) is 19.8. The molecule has 0 unspecified atom stereocenters. The highest BCUT2D eigenvalue weighted by molar-refractivity contribution is 5.88. The highest BCUT2D eigenvalue weighted by Crippen LogP contribution is 2.29. The maximum absolute atomic E-state index is 5.49. The molecule has 10 nitrogen and oxygen atoms in total. The van der Waals surface area contributed by atoms with Gasteiger partial charge in [-0.25, -0.2) is 19.9 Å². The van der Waals surface area contributed by atoms with Gasteiger partial charge in [-0.1, -0.05) is 18.2 Å². The molecule has 0 spiro atoms. The molecule has 0 amide bonds. The lowest BCUT2D eigenvalue weighted by Gasteiger charge is -2.28. The topological polar surface area (TPSA) is 93.5 Å². The van der Waals surface area contributed by atoms with Crippen molar-refractivity contribution in [3.05, 3.63) is 79.3 Å². The van der Waals surface area contributed by atoms with Crippen molar-refractivity contribution in [3.63, 3.8) is 0 Å². The van der Waals surface area contributed by atoms with Gasteiger partial charge >= 0.3 is 0 Å². The molecule has 2 aliphatic rings. The van der Waals surface area contributed by atoms with Crippen LogP contribution in [0.5, 0.6) is 0 Å². The van der Waals surface area contributed by atoms with Gasteiger partial charge in [0.2, 0.25) is 0 Å². The lowest BCUT2D eigenvalue weighted by molar-refractivity contribution is 0.122. The quantitative estimate of drug-likeness (QED) is 0.342. The first-order valence-corrected chi connectivity index (χ1v) is 13.6.